The smallest absolute Gasteiger partial charge is 0.301 e. The zero-order chi connectivity index (χ0) is 12.7. The van der Waals surface area contributed by atoms with Gasteiger partial charge in [0.1, 0.15) is 6.26 Å². The van der Waals surface area contributed by atoms with Gasteiger partial charge >= 0.3 is 6.01 Å². The zero-order valence-electron chi connectivity index (χ0n) is 11.0. The third-order valence-electron chi connectivity index (χ3n) is 2.87. The number of nitrogens with zero attached hydrogens (tertiary/aromatic N) is 1. The van der Waals surface area contributed by atoms with Gasteiger partial charge in [-0.2, -0.15) is 4.98 Å². The molecule has 0 aliphatic heterocycles. The summed E-state index contributed by atoms with van der Waals surface area (Å²) in [5.74, 6) is 0.0826. The maximum atomic E-state index is 11.9. The number of hydrogen-bond acceptors (Lipinski definition) is 3. The topological polar surface area (TPSA) is 55.1 Å². The molecule has 0 aliphatic rings. The molecule has 1 rings (SSSR count). The van der Waals surface area contributed by atoms with Crippen molar-refractivity contribution in [2.24, 2.45) is 5.92 Å². The molecule has 96 valence electrons. The third-order valence-corrected chi connectivity index (χ3v) is 2.87. The maximum Gasteiger partial charge on any atom is 0.301 e. The molecule has 0 aromatic carbocycles. The molecular formula is C13H22N2O2. The highest BCUT2D eigenvalue weighted by Crippen LogP contribution is 2.16. The number of oxazole rings is 1. The Bertz CT molecular complexity index is 347. The summed E-state index contributed by atoms with van der Waals surface area (Å²) in [5, 5.41) is 2.72. The number of anilines is 1. The molecule has 1 amide bonds. The molecule has 1 unspecified atom stereocenters. The van der Waals surface area contributed by atoms with Gasteiger partial charge in [-0.05, 0) is 19.8 Å². The van der Waals surface area contributed by atoms with E-state index in [-0.39, 0.29) is 11.8 Å². The van der Waals surface area contributed by atoms with Crippen LogP contribution in [0.1, 0.15) is 51.6 Å². The fourth-order valence-corrected chi connectivity index (χ4v) is 1.78. The summed E-state index contributed by atoms with van der Waals surface area (Å²) in [6.45, 7) is 6.03. The lowest BCUT2D eigenvalue weighted by atomic mass is 9.98. The lowest BCUT2D eigenvalue weighted by molar-refractivity contribution is -0.120. The Morgan fingerprint density at radius 2 is 2.24 bits per heavy atom. The maximum absolute atomic E-state index is 11.9. The van der Waals surface area contributed by atoms with Crippen LogP contribution in [0.2, 0.25) is 0 Å². The van der Waals surface area contributed by atoms with Crippen LogP contribution in [0.5, 0.6) is 0 Å². The van der Waals surface area contributed by atoms with E-state index in [4.69, 9.17) is 4.42 Å². The van der Waals surface area contributed by atoms with E-state index < -0.39 is 0 Å². The normalized spacial score (nSPS) is 12.4. The predicted molar refractivity (Wildman–Crippen MR) is 67.8 cm³/mol. The lowest BCUT2D eigenvalue weighted by Gasteiger charge is -2.12. The number of carbonyl (C=O) groups excluding carboxylic acids is 1. The number of nitrogens with one attached hydrogen (secondary N) is 1. The molecule has 1 aromatic heterocycles. The second-order valence-electron chi connectivity index (χ2n) is 4.38. The van der Waals surface area contributed by atoms with Crippen molar-refractivity contribution in [3.63, 3.8) is 0 Å². The monoisotopic (exact) mass is 238 g/mol. The quantitative estimate of drug-likeness (QED) is 0.739. The van der Waals surface area contributed by atoms with Crippen molar-refractivity contribution in [2.75, 3.05) is 5.32 Å². The molecule has 1 atom stereocenters. The van der Waals surface area contributed by atoms with E-state index in [2.05, 4.69) is 17.2 Å². The second-order valence-corrected chi connectivity index (χ2v) is 4.38. The highest BCUT2D eigenvalue weighted by molar-refractivity contribution is 5.90. The van der Waals surface area contributed by atoms with Crippen molar-refractivity contribution in [3.8, 4) is 0 Å². The molecule has 4 nitrogen and oxygen atoms in total. The Kier molecular flexibility index (Phi) is 5.73. The number of hydrogen-bond donors (Lipinski definition) is 1. The van der Waals surface area contributed by atoms with Crippen molar-refractivity contribution in [1.29, 1.82) is 0 Å². The fourth-order valence-electron chi connectivity index (χ4n) is 1.78. The average Bonchev–Trinajstić information content (AvgIpc) is 2.70. The molecule has 17 heavy (non-hydrogen) atoms. The van der Waals surface area contributed by atoms with Gasteiger partial charge in [-0.3, -0.25) is 10.1 Å². The van der Waals surface area contributed by atoms with Crippen LogP contribution in [0.25, 0.3) is 0 Å². The van der Waals surface area contributed by atoms with Crippen molar-refractivity contribution >= 4 is 11.9 Å². The molecule has 0 fully saturated rings. The zero-order valence-corrected chi connectivity index (χ0v) is 11.0. The molecule has 0 spiro atoms. The summed E-state index contributed by atoms with van der Waals surface area (Å²) in [6, 6.07) is 0.307. The number of rotatable bonds is 7. The number of aryl methyl sites for hydroxylation is 1. The average molecular weight is 238 g/mol. The first kappa shape index (κ1) is 13.7. The van der Waals surface area contributed by atoms with Gasteiger partial charge in [0.2, 0.25) is 5.91 Å². The van der Waals surface area contributed by atoms with Gasteiger partial charge in [-0.1, -0.05) is 33.1 Å². The van der Waals surface area contributed by atoms with Crippen LogP contribution >= 0.6 is 0 Å². The Morgan fingerprint density at radius 3 is 2.76 bits per heavy atom. The van der Waals surface area contributed by atoms with Crippen LogP contribution in [0, 0.1) is 12.8 Å². The van der Waals surface area contributed by atoms with Gasteiger partial charge in [0.15, 0.2) is 0 Å². The van der Waals surface area contributed by atoms with Gasteiger partial charge in [-0.25, -0.2) is 0 Å². The largest absolute Gasteiger partial charge is 0.432 e. The first-order valence-corrected chi connectivity index (χ1v) is 6.40. The van der Waals surface area contributed by atoms with Crippen molar-refractivity contribution in [3.05, 3.63) is 12.0 Å². The minimum absolute atomic E-state index is 0.0189. The summed E-state index contributed by atoms with van der Waals surface area (Å²) >= 11 is 0. The molecule has 1 aromatic rings. The van der Waals surface area contributed by atoms with Crippen LogP contribution in [-0.4, -0.2) is 10.9 Å². The molecule has 0 saturated carbocycles. The van der Waals surface area contributed by atoms with Crippen molar-refractivity contribution < 1.29 is 9.21 Å². The van der Waals surface area contributed by atoms with E-state index in [9.17, 15) is 4.79 Å². The summed E-state index contributed by atoms with van der Waals surface area (Å²) in [7, 11) is 0. The first-order chi connectivity index (χ1) is 8.17. The van der Waals surface area contributed by atoms with E-state index >= 15 is 0 Å². The second kappa shape index (κ2) is 7.09. The van der Waals surface area contributed by atoms with E-state index in [1.54, 1.807) is 0 Å². The van der Waals surface area contributed by atoms with Gasteiger partial charge in [0, 0.05) is 5.92 Å². The Hall–Kier alpha value is -1.32. The number of aromatic nitrogens is 1. The summed E-state index contributed by atoms with van der Waals surface area (Å²) < 4.78 is 5.11. The van der Waals surface area contributed by atoms with Gasteiger partial charge in [0.25, 0.3) is 0 Å². The number of unbranched alkanes of at least 4 members (excludes halogenated alkanes) is 2. The Balaban J connectivity index is 2.43. The highest BCUT2D eigenvalue weighted by atomic mass is 16.4. The molecule has 0 aliphatic carbocycles. The lowest BCUT2D eigenvalue weighted by Crippen LogP contribution is -2.22. The highest BCUT2D eigenvalue weighted by Gasteiger charge is 2.17. The number of carbonyl (C=O) groups is 1. The molecular weight excluding hydrogens is 216 g/mol. The standard InChI is InChI=1S/C13H22N2O2/c1-4-6-7-8-11(5-2)12(16)15-13-14-10(3)9-17-13/h9,11H,4-8H2,1-3H3,(H,14,15,16). The van der Waals surface area contributed by atoms with Gasteiger partial charge in [-0.15, -0.1) is 0 Å². The Labute approximate surface area is 103 Å². The molecule has 4 heteroatoms. The van der Waals surface area contributed by atoms with Crippen LogP contribution in [-0.2, 0) is 4.79 Å². The van der Waals surface area contributed by atoms with Crippen LogP contribution in [0.3, 0.4) is 0 Å². The van der Waals surface area contributed by atoms with E-state index in [1.807, 2.05) is 13.8 Å². The minimum atomic E-state index is 0.0189. The minimum Gasteiger partial charge on any atom is -0.432 e. The molecule has 1 N–H and O–H groups in total. The molecule has 0 saturated heterocycles. The van der Waals surface area contributed by atoms with Crippen molar-refractivity contribution in [2.45, 2.75) is 52.9 Å². The van der Waals surface area contributed by atoms with Gasteiger partial charge in [0.05, 0.1) is 5.69 Å². The van der Waals surface area contributed by atoms with E-state index in [1.165, 1.54) is 19.1 Å². The van der Waals surface area contributed by atoms with E-state index in [0.29, 0.717) is 6.01 Å². The third kappa shape index (κ3) is 4.59. The van der Waals surface area contributed by atoms with Crippen molar-refractivity contribution in [1.82, 2.24) is 4.98 Å². The molecule has 0 bridgehead atoms. The van der Waals surface area contributed by atoms with Crippen LogP contribution < -0.4 is 5.32 Å². The van der Waals surface area contributed by atoms with Crippen LogP contribution in [0.4, 0.5) is 6.01 Å². The van der Waals surface area contributed by atoms with Crippen LogP contribution in [0.15, 0.2) is 10.7 Å². The first-order valence-electron chi connectivity index (χ1n) is 6.40. The summed E-state index contributed by atoms with van der Waals surface area (Å²) in [5.41, 5.74) is 0.777. The number of amides is 1. The van der Waals surface area contributed by atoms with E-state index in [0.717, 1.165) is 25.0 Å². The SMILES string of the molecule is CCCCCC(CC)C(=O)Nc1nc(C)co1. The summed E-state index contributed by atoms with van der Waals surface area (Å²) in [6.07, 6.45) is 6.80. The fraction of sp³-hybridized carbons (Fsp3) is 0.692. The van der Waals surface area contributed by atoms with Gasteiger partial charge < -0.3 is 4.42 Å². The molecule has 1 heterocycles. The molecule has 0 radical (unpaired) electrons. The predicted octanol–water partition coefficient (Wildman–Crippen LogP) is 3.53. The Morgan fingerprint density at radius 1 is 1.47 bits per heavy atom. The summed E-state index contributed by atoms with van der Waals surface area (Å²) in [4.78, 5) is 16.0.